The SMILES string of the molecule is COc1ccc([C@@]23N=N[C@@](c4ccc(C#N)cc4)([C@H]4CCC[C@H]42)C3(OC)OC)cc1. The van der Waals surface area contributed by atoms with E-state index in [1.165, 1.54) is 0 Å². The summed E-state index contributed by atoms with van der Waals surface area (Å²) in [7, 11) is 5.05. The van der Waals surface area contributed by atoms with Crippen molar-refractivity contribution in [2.75, 3.05) is 21.3 Å². The van der Waals surface area contributed by atoms with Crippen LogP contribution in [0.4, 0.5) is 0 Å². The highest BCUT2D eigenvalue weighted by Crippen LogP contribution is 2.75. The third kappa shape index (κ3) is 2.00. The maximum Gasteiger partial charge on any atom is 0.232 e. The second-order valence-corrected chi connectivity index (χ2v) is 8.32. The molecule has 0 aromatic heterocycles. The van der Waals surface area contributed by atoms with Crippen molar-refractivity contribution >= 4 is 0 Å². The Bertz CT molecular complexity index is 1020. The molecule has 2 aromatic carbocycles. The monoisotopic (exact) mass is 403 g/mol. The molecule has 0 spiro atoms. The van der Waals surface area contributed by atoms with E-state index >= 15 is 0 Å². The first-order valence-electron chi connectivity index (χ1n) is 10.3. The highest BCUT2D eigenvalue weighted by Gasteiger charge is 2.84. The Hall–Kier alpha value is -2.75. The summed E-state index contributed by atoms with van der Waals surface area (Å²) < 4.78 is 18.0. The van der Waals surface area contributed by atoms with E-state index in [9.17, 15) is 5.26 Å². The average molecular weight is 403 g/mol. The minimum Gasteiger partial charge on any atom is -0.497 e. The van der Waals surface area contributed by atoms with Gasteiger partial charge in [-0.25, -0.2) is 0 Å². The first kappa shape index (κ1) is 19.2. The van der Waals surface area contributed by atoms with E-state index in [0.717, 1.165) is 36.1 Å². The van der Waals surface area contributed by atoms with E-state index in [4.69, 9.17) is 24.4 Å². The number of nitriles is 1. The Kier molecular flexibility index (Phi) is 4.25. The lowest BCUT2D eigenvalue weighted by molar-refractivity contribution is -0.263. The summed E-state index contributed by atoms with van der Waals surface area (Å²) in [5.41, 5.74) is 1.14. The fourth-order valence-electron chi connectivity index (χ4n) is 6.45. The summed E-state index contributed by atoms with van der Waals surface area (Å²) in [6.07, 6.45) is 3.21. The molecule has 1 heterocycles. The van der Waals surface area contributed by atoms with Crippen LogP contribution in [-0.2, 0) is 20.6 Å². The van der Waals surface area contributed by atoms with Crippen LogP contribution in [0.2, 0.25) is 0 Å². The van der Waals surface area contributed by atoms with Gasteiger partial charge in [0.2, 0.25) is 5.79 Å². The minimum atomic E-state index is -1.07. The lowest BCUT2D eigenvalue weighted by Crippen LogP contribution is -2.58. The molecule has 2 saturated carbocycles. The van der Waals surface area contributed by atoms with Gasteiger partial charge in [0.15, 0.2) is 11.1 Å². The van der Waals surface area contributed by atoms with Gasteiger partial charge in [-0.3, -0.25) is 0 Å². The number of fused-ring (bicyclic) bond motifs is 5. The molecule has 2 fully saturated rings. The van der Waals surface area contributed by atoms with Gasteiger partial charge in [-0.2, -0.15) is 15.5 Å². The Labute approximate surface area is 176 Å². The third-order valence-electron chi connectivity index (χ3n) is 7.52. The van der Waals surface area contributed by atoms with E-state index in [1.807, 2.05) is 36.4 Å². The van der Waals surface area contributed by atoms with E-state index in [-0.39, 0.29) is 11.8 Å². The summed E-state index contributed by atoms with van der Waals surface area (Å²) in [5.74, 6) is 0.215. The van der Waals surface area contributed by atoms with Crippen LogP contribution < -0.4 is 4.74 Å². The number of nitrogens with zero attached hydrogens (tertiary/aromatic N) is 3. The molecule has 6 nitrogen and oxygen atoms in total. The zero-order chi connectivity index (χ0) is 21.0. The number of rotatable bonds is 5. The molecular weight excluding hydrogens is 378 g/mol. The molecule has 4 atom stereocenters. The molecular formula is C24H25N3O3. The van der Waals surface area contributed by atoms with Crippen LogP contribution in [0.15, 0.2) is 58.8 Å². The molecule has 2 bridgehead atoms. The van der Waals surface area contributed by atoms with Crippen LogP contribution in [-0.4, -0.2) is 27.1 Å². The molecule has 5 rings (SSSR count). The van der Waals surface area contributed by atoms with Crippen molar-refractivity contribution in [2.24, 2.45) is 22.1 Å². The fraction of sp³-hybridized carbons (Fsp3) is 0.458. The van der Waals surface area contributed by atoms with E-state index in [1.54, 1.807) is 21.3 Å². The van der Waals surface area contributed by atoms with Crippen LogP contribution in [0.5, 0.6) is 5.75 Å². The molecule has 0 saturated heterocycles. The number of benzene rings is 2. The average Bonchev–Trinajstić information content (AvgIpc) is 3.46. The van der Waals surface area contributed by atoms with Crippen LogP contribution in [0.1, 0.15) is 36.0 Å². The lowest BCUT2D eigenvalue weighted by atomic mass is 9.74. The Morgan fingerprint density at radius 2 is 1.33 bits per heavy atom. The van der Waals surface area contributed by atoms with Gasteiger partial charge in [0.1, 0.15) is 5.75 Å². The standard InChI is InChI=1S/C24H25N3O3/c1-28-19-13-11-18(12-14-19)23-21-6-4-5-20(21)22(26-27-23,24(23,29-2)30-3)17-9-7-16(15-25)8-10-17/h7-14,20-21H,4-6H2,1-3H3/t20-,21+,22-,23+/m0/s1. The van der Waals surface area contributed by atoms with Crippen molar-refractivity contribution in [3.8, 4) is 11.8 Å². The molecule has 6 heteroatoms. The number of methoxy groups -OCH3 is 3. The van der Waals surface area contributed by atoms with Gasteiger partial charge in [-0.15, -0.1) is 0 Å². The second kappa shape index (κ2) is 6.63. The van der Waals surface area contributed by atoms with Gasteiger partial charge in [-0.05, 0) is 48.2 Å². The first-order valence-corrected chi connectivity index (χ1v) is 10.3. The Morgan fingerprint density at radius 1 is 0.833 bits per heavy atom. The molecule has 0 radical (unpaired) electrons. The van der Waals surface area contributed by atoms with Gasteiger partial charge in [0.05, 0.1) is 18.7 Å². The highest BCUT2D eigenvalue weighted by molar-refractivity contribution is 5.48. The number of hydrogen-bond donors (Lipinski definition) is 0. The normalized spacial score (nSPS) is 32.7. The molecule has 154 valence electrons. The van der Waals surface area contributed by atoms with Crippen molar-refractivity contribution in [1.82, 2.24) is 0 Å². The minimum absolute atomic E-state index is 0.241. The largest absolute Gasteiger partial charge is 0.497 e. The van der Waals surface area contributed by atoms with Crippen molar-refractivity contribution in [2.45, 2.75) is 36.1 Å². The van der Waals surface area contributed by atoms with Crippen LogP contribution in [0, 0.1) is 23.2 Å². The number of hydrogen-bond acceptors (Lipinski definition) is 6. The zero-order valence-corrected chi connectivity index (χ0v) is 17.5. The first-order chi connectivity index (χ1) is 14.6. The number of ether oxygens (including phenoxy) is 3. The van der Waals surface area contributed by atoms with Crippen molar-refractivity contribution < 1.29 is 14.2 Å². The van der Waals surface area contributed by atoms with E-state index in [0.29, 0.717) is 5.56 Å². The Morgan fingerprint density at radius 3 is 1.77 bits per heavy atom. The van der Waals surface area contributed by atoms with Gasteiger partial charge < -0.3 is 14.2 Å². The van der Waals surface area contributed by atoms with Crippen LogP contribution >= 0.6 is 0 Å². The maximum atomic E-state index is 9.25. The summed E-state index contributed by atoms with van der Waals surface area (Å²) in [6, 6.07) is 17.9. The predicted molar refractivity (Wildman–Crippen MR) is 110 cm³/mol. The summed E-state index contributed by atoms with van der Waals surface area (Å²) in [4.78, 5) is 0. The van der Waals surface area contributed by atoms with Crippen molar-refractivity contribution in [3.63, 3.8) is 0 Å². The third-order valence-corrected chi connectivity index (χ3v) is 7.52. The van der Waals surface area contributed by atoms with Crippen LogP contribution in [0.3, 0.4) is 0 Å². The molecule has 0 N–H and O–H groups in total. The Balaban J connectivity index is 1.76. The second-order valence-electron chi connectivity index (χ2n) is 8.32. The van der Waals surface area contributed by atoms with Gasteiger partial charge in [-0.1, -0.05) is 30.7 Å². The smallest absolute Gasteiger partial charge is 0.232 e. The zero-order valence-electron chi connectivity index (χ0n) is 17.5. The topological polar surface area (TPSA) is 76.2 Å². The highest BCUT2D eigenvalue weighted by atomic mass is 16.7. The molecule has 1 aliphatic heterocycles. The predicted octanol–water partition coefficient (Wildman–Crippen LogP) is 4.54. The van der Waals surface area contributed by atoms with E-state index < -0.39 is 16.9 Å². The molecule has 30 heavy (non-hydrogen) atoms. The van der Waals surface area contributed by atoms with Gasteiger partial charge in [0.25, 0.3) is 0 Å². The summed E-state index contributed by atoms with van der Waals surface area (Å²) in [5, 5.41) is 19.2. The van der Waals surface area contributed by atoms with E-state index in [2.05, 4.69) is 18.2 Å². The van der Waals surface area contributed by atoms with Crippen LogP contribution in [0.25, 0.3) is 0 Å². The lowest BCUT2D eigenvalue weighted by Gasteiger charge is -2.44. The fourth-order valence-corrected chi connectivity index (χ4v) is 6.45. The molecule has 2 aliphatic carbocycles. The van der Waals surface area contributed by atoms with Gasteiger partial charge >= 0.3 is 0 Å². The van der Waals surface area contributed by atoms with Crippen molar-refractivity contribution in [1.29, 1.82) is 5.26 Å². The maximum absolute atomic E-state index is 9.25. The molecule has 0 unspecified atom stereocenters. The number of azo groups is 1. The molecule has 2 aromatic rings. The quantitative estimate of drug-likeness (QED) is 0.687. The summed E-state index contributed by atoms with van der Waals surface area (Å²) in [6.45, 7) is 0. The molecule has 0 amide bonds. The van der Waals surface area contributed by atoms with Gasteiger partial charge in [0, 0.05) is 26.1 Å². The summed E-state index contributed by atoms with van der Waals surface area (Å²) >= 11 is 0. The van der Waals surface area contributed by atoms with Crippen molar-refractivity contribution in [3.05, 3.63) is 65.2 Å². The molecule has 3 aliphatic rings.